The first-order valence-corrected chi connectivity index (χ1v) is 9.76. The van der Waals surface area contributed by atoms with Gasteiger partial charge in [-0.05, 0) is 17.7 Å². The Bertz CT molecular complexity index is 1170. The number of esters is 2. The molecule has 1 atom stereocenters. The van der Waals surface area contributed by atoms with Crippen molar-refractivity contribution in [2.75, 3.05) is 26.2 Å². The predicted molar refractivity (Wildman–Crippen MR) is 118 cm³/mol. The van der Waals surface area contributed by atoms with Crippen LogP contribution in [0, 0.1) is 11.3 Å². The number of ether oxygens (including phenoxy) is 3. The van der Waals surface area contributed by atoms with Crippen LogP contribution in [-0.4, -0.2) is 33.3 Å². The molecule has 0 saturated heterocycles. The van der Waals surface area contributed by atoms with Gasteiger partial charge in [0.1, 0.15) is 17.3 Å². The SMILES string of the molecule is COC(=O)C1=C(C(=O)OC)N(c2ccc(Cl)cc2OC)C(N)=C(C#N)C1c1ccccc1. The highest BCUT2D eigenvalue weighted by atomic mass is 35.5. The van der Waals surface area contributed by atoms with Gasteiger partial charge in [-0.1, -0.05) is 41.9 Å². The number of methoxy groups -OCH3 is 3. The Morgan fingerprint density at radius 2 is 1.72 bits per heavy atom. The van der Waals surface area contributed by atoms with Gasteiger partial charge in [-0.15, -0.1) is 0 Å². The minimum absolute atomic E-state index is 0.0567. The van der Waals surface area contributed by atoms with Crippen LogP contribution in [0.25, 0.3) is 0 Å². The zero-order valence-corrected chi connectivity index (χ0v) is 18.3. The maximum Gasteiger partial charge on any atom is 0.355 e. The number of anilines is 1. The Labute approximate surface area is 190 Å². The van der Waals surface area contributed by atoms with Crippen LogP contribution in [0.1, 0.15) is 11.5 Å². The third-order valence-corrected chi connectivity index (χ3v) is 5.23. The molecular weight excluding hydrogens is 434 g/mol. The third-order valence-electron chi connectivity index (χ3n) is 4.99. The molecule has 8 nitrogen and oxygen atoms in total. The molecule has 0 saturated carbocycles. The highest BCUT2D eigenvalue weighted by Gasteiger charge is 2.43. The number of carbonyl (C=O) groups is 2. The molecule has 0 amide bonds. The minimum Gasteiger partial charge on any atom is -0.495 e. The summed E-state index contributed by atoms with van der Waals surface area (Å²) in [4.78, 5) is 27.3. The molecule has 2 N–H and O–H groups in total. The lowest BCUT2D eigenvalue weighted by molar-refractivity contribution is -0.139. The molecule has 2 aromatic carbocycles. The van der Waals surface area contributed by atoms with Crippen molar-refractivity contribution in [3.63, 3.8) is 0 Å². The van der Waals surface area contributed by atoms with Gasteiger partial charge in [0.25, 0.3) is 0 Å². The van der Waals surface area contributed by atoms with Gasteiger partial charge in [-0.2, -0.15) is 5.26 Å². The number of rotatable bonds is 5. The molecule has 3 rings (SSSR count). The van der Waals surface area contributed by atoms with Crippen LogP contribution in [0.4, 0.5) is 5.69 Å². The summed E-state index contributed by atoms with van der Waals surface area (Å²) >= 11 is 6.09. The Morgan fingerprint density at radius 1 is 1.06 bits per heavy atom. The molecule has 0 radical (unpaired) electrons. The second-order valence-electron chi connectivity index (χ2n) is 6.65. The van der Waals surface area contributed by atoms with E-state index in [-0.39, 0.29) is 34.1 Å². The van der Waals surface area contributed by atoms with Gasteiger partial charge in [0.05, 0.1) is 50.2 Å². The maximum absolute atomic E-state index is 13.0. The van der Waals surface area contributed by atoms with E-state index in [0.717, 1.165) is 0 Å². The van der Waals surface area contributed by atoms with Gasteiger partial charge in [0.15, 0.2) is 0 Å². The molecule has 2 aromatic rings. The zero-order valence-electron chi connectivity index (χ0n) is 17.6. The van der Waals surface area contributed by atoms with Gasteiger partial charge in [-0.3, -0.25) is 4.90 Å². The van der Waals surface area contributed by atoms with E-state index >= 15 is 0 Å². The fraction of sp³-hybridized carbons (Fsp3) is 0.174. The number of allylic oxidation sites excluding steroid dienone is 1. The Balaban J connectivity index is 2.44. The summed E-state index contributed by atoms with van der Waals surface area (Å²) in [6.45, 7) is 0. The van der Waals surface area contributed by atoms with E-state index in [0.29, 0.717) is 10.6 Å². The molecule has 32 heavy (non-hydrogen) atoms. The van der Waals surface area contributed by atoms with Crippen LogP contribution < -0.4 is 15.4 Å². The van der Waals surface area contributed by atoms with Gasteiger partial charge < -0.3 is 19.9 Å². The number of nitrogens with two attached hydrogens (primary N) is 1. The standard InChI is InChI=1S/C23H20ClN3O5/c1-30-17-11-14(24)9-10-16(17)27-20(23(29)32-3)19(22(28)31-2)18(15(12-25)21(27)26)13-7-5-4-6-8-13/h4-11,18H,26H2,1-3H3. The molecule has 9 heteroatoms. The van der Waals surface area contributed by atoms with Gasteiger partial charge >= 0.3 is 11.9 Å². The Hall–Kier alpha value is -3.96. The van der Waals surface area contributed by atoms with E-state index in [1.54, 1.807) is 42.5 Å². The van der Waals surface area contributed by atoms with Crippen molar-refractivity contribution in [3.8, 4) is 11.8 Å². The fourth-order valence-corrected chi connectivity index (χ4v) is 3.76. The molecule has 0 spiro atoms. The summed E-state index contributed by atoms with van der Waals surface area (Å²) < 4.78 is 15.4. The van der Waals surface area contributed by atoms with Crippen LogP contribution in [0.5, 0.6) is 5.75 Å². The zero-order chi connectivity index (χ0) is 23.4. The summed E-state index contributed by atoms with van der Waals surface area (Å²) in [6, 6.07) is 15.5. The Morgan fingerprint density at radius 3 is 2.28 bits per heavy atom. The van der Waals surface area contributed by atoms with Crippen molar-refractivity contribution >= 4 is 29.2 Å². The first kappa shape index (κ1) is 22.7. The maximum atomic E-state index is 13.0. The van der Waals surface area contributed by atoms with Crippen molar-refractivity contribution in [1.29, 1.82) is 5.26 Å². The van der Waals surface area contributed by atoms with Crippen LogP contribution >= 0.6 is 11.6 Å². The summed E-state index contributed by atoms with van der Waals surface area (Å²) in [5.74, 6) is -2.39. The number of nitrogens with zero attached hydrogens (tertiary/aromatic N) is 2. The molecule has 1 unspecified atom stereocenters. The number of benzene rings is 2. The van der Waals surface area contributed by atoms with Crippen LogP contribution in [0.2, 0.25) is 5.02 Å². The Kier molecular flexibility index (Phi) is 6.71. The van der Waals surface area contributed by atoms with Crippen molar-refractivity contribution in [2.45, 2.75) is 5.92 Å². The normalized spacial score (nSPS) is 15.8. The van der Waals surface area contributed by atoms with Crippen LogP contribution in [0.3, 0.4) is 0 Å². The van der Waals surface area contributed by atoms with Crippen molar-refractivity contribution in [2.24, 2.45) is 5.73 Å². The molecule has 1 aliphatic rings. The van der Waals surface area contributed by atoms with Crippen molar-refractivity contribution in [1.82, 2.24) is 0 Å². The summed E-state index contributed by atoms with van der Waals surface area (Å²) in [7, 11) is 3.78. The van der Waals surface area contributed by atoms with E-state index in [1.807, 2.05) is 0 Å². The molecular formula is C23H20ClN3O5. The molecule has 1 aliphatic heterocycles. The second-order valence-corrected chi connectivity index (χ2v) is 7.09. The molecule has 0 aliphatic carbocycles. The molecule has 0 fully saturated rings. The number of hydrogen-bond acceptors (Lipinski definition) is 8. The van der Waals surface area contributed by atoms with E-state index in [4.69, 9.17) is 31.5 Å². The lowest BCUT2D eigenvalue weighted by Crippen LogP contribution is -2.40. The predicted octanol–water partition coefficient (Wildman–Crippen LogP) is 3.25. The highest BCUT2D eigenvalue weighted by Crippen LogP contribution is 2.45. The van der Waals surface area contributed by atoms with E-state index < -0.39 is 17.9 Å². The van der Waals surface area contributed by atoms with Crippen molar-refractivity contribution in [3.05, 3.63) is 81.8 Å². The monoisotopic (exact) mass is 453 g/mol. The molecule has 164 valence electrons. The van der Waals surface area contributed by atoms with Gasteiger partial charge in [0, 0.05) is 11.1 Å². The lowest BCUT2D eigenvalue weighted by atomic mass is 9.81. The van der Waals surface area contributed by atoms with E-state index in [2.05, 4.69) is 6.07 Å². The number of nitriles is 1. The summed E-state index contributed by atoms with van der Waals surface area (Å²) in [5.41, 5.74) is 7.09. The van der Waals surface area contributed by atoms with Gasteiger partial charge in [0.2, 0.25) is 0 Å². The van der Waals surface area contributed by atoms with E-state index in [1.165, 1.54) is 32.3 Å². The first-order chi connectivity index (χ1) is 15.4. The van der Waals surface area contributed by atoms with E-state index in [9.17, 15) is 14.9 Å². The van der Waals surface area contributed by atoms with Crippen LogP contribution in [-0.2, 0) is 19.1 Å². The smallest absolute Gasteiger partial charge is 0.355 e. The fourth-order valence-electron chi connectivity index (χ4n) is 3.60. The number of halogens is 1. The quantitative estimate of drug-likeness (QED) is 0.686. The second kappa shape index (κ2) is 9.45. The minimum atomic E-state index is -0.947. The number of hydrogen-bond donors (Lipinski definition) is 1. The molecule has 0 aromatic heterocycles. The van der Waals surface area contributed by atoms with Crippen LogP contribution in [0.15, 0.2) is 71.2 Å². The third kappa shape index (κ3) is 3.86. The largest absolute Gasteiger partial charge is 0.495 e. The summed E-state index contributed by atoms with van der Waals surface area (Å²) in [6.07, 6.45) is 0. The van der Waals surface area contributed by atoms with Crippen molar-refractivity contribution < 1.29 is 23.8 Å². The average Bonchev–Trinajstić information content (AvgIpc) is 2.82. The average molecular weight is 454 g/mol. The molecule has 0 bridgehead atoms. The lowest BCUT2D eigenvalue weighted by Gasteiger charge is -2.36. The number of carbonyl (C=O) groups excluding carboxylic acids is 2. The molecule has 1 heterocycles. The summed E-state index contributed by atoms with van der Waals surface area (Å²) in [5, 5.41) is 10.4. The first-order valence-electron chi connectivity index (χ1n) is 9.38. The highest BCUT2D eigenvalue weighted by molar-refractivity contribution is 6.30. The topological polar surface area (TPSA) is 115 Å². The van der Waals surface area contributed by atoms with Gasteiger partial charge in [-0.25, -0.2) is 9.59 Å².